The molecule has 1 saturated carbocycles. The molecule has 0 unspecified atom stereocenters. The van der Waals surface area contributed by atoms with Crippen LogP contribution in [0.5, 0.6) is 0 Å². The standard InChI is InChI=1S/C16H23ClN2/c17-16-4-2-1-3-15(16)13-5-7-14(8-6-13)19-11-9-18-10-12-19/h1-4,13-14,18H,5-12H2. The zero-order valence-electron chi connectivity index (χ0n) is 11.4. The highest BCUT2D eigenvalue weighted by atomic mass is 35.5. The van der Waals surface area contributed by atoms with E-state index < -0.39 is 0 Å². The van der Waals surface area contributed by atoms with Gasteiger partial charge < -0.3 is 5.32 Å². The van der Waals surface area contributed by atoms with Crippen LogP contribution in [-0.2, 0) is 0 Å². The van der Waals surface area contributed by atoms with E-state index in [9.17, 15) is 0 Å². The molecule has 1 saturated heterocycles. The first kappa shape index (κ1) is 13.4. The maximum Gasteiger partial charge on any atom is 0.0440 e. The fraction of sp³-hybridized carbons (Fsp3) is 0.625. The monoisotopic (exact) mass is 278 g/mol. The van der Waals surface area contributed by atoms with Crippen LogP contribution in [0.3, 0.4) is 0 Å². The predicted molar refractivity (Wildman–Crippen MR) is 80.9 cm³/mol. The van der Waals surface area contributed by atoms with Gasteiger partial charge in [0.15, 0.2) is 0 Å². The Hall–Kier alpha value is -0.570. The highest BCUT2D eigenvalue weighted by molar-refractivity contribution is 6.31. The Morgan fingerprint density at radius 1 is 1.00 bits per heavy atom. The maximum atomic E-state index is 6.32. The molecule has 3 rings (SSSR count). The predicted octanol–water partition coefficient (Wildman–Crippen LogP) is 3.27. The molecule has 0 amide bonds. The third kappa shape index (κ3) is 3.13. The van der Waals surface area contributed by atoms with Crippen molar-refractivity contribution in [2.24, 2.45) is 0 Å². The van der Waals surface area contributed by atoms with Gasteiger partial charge in [0.1, 0.15) is 0 Å². The minimum Gasteiger partial charge on any atom is -0.314 e. The van der Waals surface area contributed by atoms with Crippen LogP contribution < -0.4 is 5.32 Å². The summed E-state index contributed by atoms with van der Waals surface area (Å²) in [5.74, 6) is 0.674. The van der Waals surface area contributed by atoms with Crippen molar-refractivity contribution in [3.63, 3.8) is 0 Å². The van der Waals surface area contributed by atoms with Crippen molar-refractivity contribution in [1.29, 1.82) is 0 Å². The molecule has 0 atom stereocenters. The first-order chi connectivity index (χ1) is 9.34. The van der Waals surface area contributed by atoms with Crippen LogP contribution in [-0.4, -0.2) is 37.1 Å². The molecule has 19 heavy (non-hydrogen) atoms. The average molecular weight is 279 g/mol. The van der Waals surface area contributed by atoms with Crippen molar-refractivity contribution in [2.75, 3.05) is 26.2 Å². The van der Waals surface area contributed by atoms with Crippen molar-refractivity contribution in [1.82, 2.24) is 10.2 Å². The SMILES string of the molecule is Clc1ccccc1C1CCC(N2CCNCC2)CC1. The number of halogens is 1. The molecule has 104 valence electrons. The zero-order chi connectivity index (χ0) is 13.1. The number of nitrogens with one attached hydrogen (secondary N) is 1. The molecule has 1 heterocycles. The van der Waals surface area contributed by atoms with Gasteiger partial charge in [-0.1, -0.05) is 29.8 Å². The first-order valence-corrected chi connectivity index (χ1v) is 7.91. The summed E-state index contributed by atoms with van der Waals surface area (Å²) in [6, 6.07) is 9.18. The van der Waals surface area contributed by atoms with Gasteiger partial charge in [0.2, 0.25) is 0 Å². The lowest BCUT2D eigenvalue weighted by atomic mass is 9.81. The lowest BCUT2D eigenvalue weighted by Gasteiger charge is -2.39. The summed E-state index contributed by atoms with van der Waals surface area (Å²) in [6.07, 6.45) is 5.24. The fourth-order valence-corrected chi connectivity index (χ4v) is 3.90. The van der Waals surface area contributed by atoms with E-state index in [1.165, 1.54) is 44.3 Å². The van der Waals surface area contributed by atoms with Gasteiger partial charge in [0.05, 0.1) is 0 Å². The van der Waals surface area contributed by atoms with Gasteiger partial charge in [-0.3, -0.25) is 4.90 Å². The minimum atomic E-state index is 0.674. The molecule has 3 heteroatoms. The van der Waals surface area contributed by atoms with E-state index in [4.69, 9.17) is 11.6 Å². The molecule has 1 aromatic carbocycles. The second kappa shape index (κ2) is 6.25. The van der Waals surface area contributed by atoms with Crippen molar-refractivity contribution in [3.8, 4) is 0 Å². The summed E-state index contributed by atoms with van der Waals surface area (Å²) in [7, 11) is 0. The van der Waals surface area contributed by atoms with E-state index in [2.05, 4.69) is 22.3 Å². The van der Waals surface area contributed by atoms with E-state index in [0.717, 1.165) is 24.2 Å². The lowest BCUT2D eigenvalue weighted by molar-refractivity contribution is 0.133. The summed E-state index contributed by atoms with van der Waals surface area (Å²) in [4.78, 5) is 2.68. The fourth-order valence-electron chi connectivity index (χ4n) is 3.61. The van der Waals surface area contributed by atoms with Gasteiger partial charge in [-0.05, 0) is 43.2 Å². The zero-order valence-corrected chi connectivity index (χ0v) is 12.2. The Morgan fingerprint density at radius 2 is 1.68 bits per heavy atom. The number of nitrogens with zero attached hydrogens (tertiary/aromatic N) is 1. The number of benzene rings is 1. The Labute approximate surface area is 121 Å². The van der Waals surface area contributed by atoms with E-state index in [1.807, 2.05) is 12.1 Å². The van der Waals surface area contributed by atoms with Crippen molar-refractivity contribution >= 4 is 11.6 Å². The van der Waals surface area contributed by atoms with Crippen LogP contribution in [0.25, 0.3) is 0 Å². The largest absolute Gasteiger partial charge is 0.314 e. The Balaban J connectivity index is 1.58. The van der Waals surface area contributed by atoms with Crippen molar-refractivity contribution in [3.05, 3.63) is 34.9 Å². The normalized spacial score (nSPS) is 29.3. The van der Waals surface area contributed by atoms with Gasteiger partial charge >= 0.3 is 0 Å². The molecule has 1 aliphatic carbocycles. The molecule has 1 aliphatic heterocycles. The summed E-state index contributed by atoms with van der Waals surface area (Å²) >= 11 is 6.32. The molecule has 1 N–H and O–H groups in total. The quantitative estimate of drug-likeness (QED) is 0.893. The van der Waals surface area contributed by atoms with E-state index >= 15 is 0 Å². The molecule has 1 aromatic rings. The van der Waals surface area contributed by atoms with Crippen LogP contribution in [0.2, 0.25) is 5.02 Å². The molecular formula is C16H23ClN2. The smallest absolute Gasteiger partial charge is 0.0440 e. The van der Waals surface area contributed by atoms with Crippen LogP contribution in [0, 0.1) is 0 Å². The van der Waals surface area contributed by atoms with Crippen LogP contribution in [0.4, 0.5) is 0 Å². The van der Waals surface area contributed by atoms with Gasteiger partial charge in [-0.25, -0.2) is 0 Å². The molecule has 2 nitrogen and oxygen atoms in total. The molecular weight excluding hydrogens is 256 g/mol. The summed E-state index contributed by atoms with van der Waals surface area (Å²) in [6.45, 7) is 4.76. The van der Waals surface area contributed by atoms with E-state index in [1.54, 1.807) is 0 Å². The second-order valence-corrected chi connectivity index (χ2v) is 6.22. The van der Waals surface area contributed by atoms with Gasteiger partial charge in [-0.15, -0.1) is 0 Å². The van der Waals surface area contributed by atoms with Gasteiger partial charge in [0, 0.05) is 37.2 Å². The third-order valence-electron chi connectivity index (χ3n) is 4.71. The molecule has 0 aromatic heterocycles. The van der Waals surface area contributed by atoms with Gasteiger partial charge in [-0.2, -0.15) is 0 Å². The maximum absolute atomic E-state index is 6.32. The summed E-state index contributed by atoms with van der Waals surface area (Å²) < 4.78 is 0. The summed E-state index contributed by atoms with van der Waals surface area (Å²) in [5.41, 5.74) is 1.36. The van der Waals surface area contributed by atoms with Crippen molar-refractivity contribution < 1.29 is 0 Å². The number of hydrogen-bond acceptors (Lipinski definition) is 2. The lowest BCUT2D eigenvalue weighted by Crippen LogP contribution is -2.49. The number of hydrogen-bond donors (Lipinski definition) is 1. The summed E-state index contributed by atoms with van der Waals surface area (Å²) in [5, 5.41) is 4.39. The number of rotatable bonds is 2. The molecule has 0 radical (unpaired) electrons. The molecule has 0 bridgehead atoms. The highest BCUT2D eigenvalue weighted by Crippen LogP contribution is 2.37. The third-order valence-corrected chi connectivity index (χ3v) is 5.05. The Bertz CT molecular complexity index is 407. The van der Waals surface area contributed by atoms with Crippen molar-refractivity contribution in [2.45, 2.75) is 37.6 Å². The Morgan fingerprint density at radius 3 is 2.37 bits per heavy atom. The molecule has 2 fully saturated rings. The van der Waals surface area contributed by atoms with Crippen LogP contribution >= 0.6 is 11.6 Å². The van der Waals surface area contributed by atoms with E-state index in [0.29, 0.717) is 5.92 Å². The highest BCUT2D eigenvalue weighted by Gasteiger charge is 2.27. The number of piperazine rings is 1. The molecule has 2 aliphatic rings. The van der Waals surface area contributed by atoms with E-state index in [-0.39, 0.29) is 0 Å². The topological polar surface area (TPSA) is 15.3 Å². The first-order valence-electron chi connectivity index (χ1n) is 7.54. The van der Waals surface area contributed by atoms with Crippen LogP contribution in [0.15, 0.2) is 24.3 Å². The average Bonchev–Trinajstić information content (AvgIpc) is 2.49. The Kier molecular flexibility index (Phi) is 4.42. The van der Waals surface area contributed by atoms with Crippen LogP contribution in [0.1, 0.15) is 37.2 Å². The second-order valence-electron chi connectivity index (χ2n) is 5.81. The minimum absolute atomic E-state index is 0.674. The molecule has 0 spiro atoms. The van der Waals surface area contributed by atoms with Gasteiger partial charge in [0.25, 0.3) is 0 Å².